The smallest absolute Gasteiger partial charge is 0.244 e. The molecule has 2 atom stereocenters. The van der Waals surface area contributed by atoms with Gasteiger partial charge >= 0.3 is 0 Å². The van der Waals surface area contributed by atoms with Gasteiger partial charge in [0, 0.05) is 32.2 Å². The van der Waals surface area contributed by atoms with Gasteiger partial charge in [0.25, 0.3) is 0 Å². The van der Waals surface area contributed by atoms with Crippen molar-refractivity contribution >= 4 is 11.7 Å². The highest BCUT2D eigenvalue weighted by atomic mass is 16.2. The van der Waals surface area contributed by atoms with E-state index in [9.17, 15) is 9.59 Å². The molecule has 1 aromatic carbocycles. The topological polar surface area (TPSA) is 76.4 Å². The fraction of sp³-hybridized carbons (Fsp3) is 0.625. The fourth-order valence-electron chi connectivity index (χ4n) is 5.48. The molecule has 1 N–H and O–H groups in total. The molecule has 2 aliphatic heterocycles. The van der Waals surface area contributed by atoms with Crippen LogP contribution in [0.15, 0.2) is 24.3 Å². The molecule has 6 nitrogen and oxygen atoms in total. The van der Waals surface area contributed by atoms with Crippen LogP contribution in [-0.2, 0) is 9.59 Å². The molecule has 0 aromatic heterocycles. The summed E-state index contributed by atoms with van der Waals surface area (Å²) in [4.78, 5) is 31.3. The summed E-state index contributed by atoms with van der Waals surface area (Å²) >= 11 is 0. The zero-order valence-electron chi connectivity index (χ0n) is 17.9. The van der Waals surface area contributed by atoms with E-state index < -0.39 is 11.5 Å². The third-order valence-electron chi connectivity index (χ3n) is 7.25. The predicted octanol–water partition coefficient (Wildman–Crippen LogP) is 2.44. The maximum Gasteiger partial charge on any atom is 0.244 e. The highest BCUT2D eigenvalue weighted by Crippen LogP contribution is 2.38. The van der Waals surface area contributed by atoms with Crippen LogP contribution in [0.2, 0.25) is 0 Å². The van der Waals surface area contributed by atoms with E-state index in [1.165, 1.54) is 19.3 Å². The minimum atomic E-state index is -0.883. The highest BCUT2D eigenvalue weighted by Gasteiger charge is 2.52. The standard InChI is InChI=1S/C24H32N4O2/c1-18(29)22(20-9-7-19(17-25)8-10-20)24(11-3-12-26-24)23(30)28-14-4-13-27(15-16-28)21-5-2-6-21/h7-10,21-22,26H,2-6,11-16H2,1H3. The van der Waals surface area contributed by atoms with Crippen molar-refractivity contribution in [2.75, 3.05) is 32.7 Å². The first-order valence-corrected chi connectivity index (χ1v) is 11.3. The minimum absolute atomic E-state index is 0.00614. The number of carbonyl (C=O) groups excluding carboxylic acids is 2. The average Bonchev–Trinajstić information content (AvgIpc) is 3.07. The predicted molar refractivity (Wildman–Crippen MR) is 115 cm³/mol. The van der Waals surface area contributed by atoms with E-state index >= 15 is 0 Å². The van der Waals surface area contributed by atoms with Gasteiger partial charge in [-0.1, -0.05) is 18.6 Å². The molecule has 0 bridgehead atoms. The summed E-state index contributed by atoms with van der Waals surface area (Å²) in [7, 11) is 0. The van der Waals surface area contributed by atoms with Crippen molar-refractivity contribution in [1.29, 1.82) is 5.26 Å². The first-order valence-electron chi connectivity index (χ1n) is 11.3. The highest BCUT2D eigenvalue weighted by molar-refractivity contribution is 5.97. The van der Waals surface area contributed by atoms with E-state index in [1.54, 1.807) is 19.1 Å². The third kappa shape index (κ3) is 3.89. The largest absolute Gasteiger partial charge is 0.340 e. The molecule has 2 unspecified atom stereocenters. The van der Waals surface area contributed by atoms with Gasteiger partial charge in [-0.3, -0.25) is 14.5 Å². The number of nitriles is 1. The number of Topliss-reactive ketones (excluding diaryl/α,β-unsaturated/α-hetero) is 1. The SMILES string of the molecule is CC(=O)C(c1ccc(C#N)cc1)C1(C(=O)N2CCCN(C3CCC3)CC2)CCCN1. The average molecular weight is 409 g/mol. The van der Waals surface area contributed by atoms with Gasteiger partial charge in [-0.25, -0.2) is 0 Å². The summed E-state index contributed by atoms with van der Waals surface area (Å²) in [5.41, 5.74) is 0.491. The van der Waals surface area contributed by atoms with Crippen molar-refractivity contribution in [1.82, 2.24) is 15.1 Å². The lowest BCUT2D eigenvalue weighted by molar-refractivity contribution is -0.141. The second-order valence-electron chi connectivity index (χ2n) is 9.05. The van der Waals surface area contributed by atoms with E-state index in [1.807, 2.05) is 17.0 Å². The van der Waals surface area contributed by atoms with Crippen molar-refractivity contribution in [3.05, 3.63) is 35.4 Å². The van der Waals surface area contributed by atoms with Crippen molar-refractivity contribution in [3.63, 3.8) is 0 Å². The number of nitrogens with one attached hydrogen (secondary N) is 1. The van der Waals surface area contributed by atoms with Crippen LogP contribution >= 0.6 is 0 Å². The number of ketones is 1. The molecule has 30 heavy (non-hydrogen) atoms. The van der Waals surface area contributed by atoms with Crippen LogP contribution in [0.3, 0.4) is 0 Å². The van der Waals surface area contributed by atoms with Gasteiger partial charge in [0.15, 0.2) is 0 Å². The Morgan fingerprint density at radius 2 is 1.87 bits per heavy atom. The van der Waals surface area contributed by atoms with E-state index in [0.717, 1.165) is 51.1 Å². The Morgan fingerprint density at radius 3 is 2.43 bits per heavy atom. The number of hydrogen-bond donors (Lipinski definition) is 1. The van der Waals surface area contributed by atoms with Crippen LogP contribution < -0.4 is 5.32 Å². The molecule has 2 saturated heterocycles. The van der Waals surface area contributed by atoms with Crippen LogP contribution in [0.5, 0.6) is 0 Å². The lowest BCUT2D eigenvalue weighted by atomic mass is 9.74. The monoisotopic (exact) mass is 408 g/mol. The number of hydrogen-bond acceptors (Lipinski definition) is 5. The van der Waals surface area contributed by atoms with Crippen LogP contribution in [0.4, 0.5) is 0 Å². The van der Waals surface area contributed by atoms with E-state index in [4.69, 9.17) is 5.26 Å². The molecule has 160 valence electrons. The minimum Gasteiger partial charge on any atom is -0.340 e. The Balaban J connectivity index is 1.59. The van der Waals surface area contributed by atoms with Gasteiger partial charge in [0.1, 0.15) is 11.3 Å². The molecule has 6 heteroatoms. The molecular formula is C24H32N4O2. The Hall–Kier alpha value is -2.23. The van der Waals surface area contributed by atoms with Crippen molar-refractivity contribution < 1.29 is 9.59 Å². The number of benzene rings is 1. The van der Waals surface area contributed by atoms with Crippen LogP contribution in [0.25, 0.3) is 0 Å². The molecular weight excluding hydrogens is 376 g/mol. The van der Waals surface area contributed by atoms with Crippen molar-refractivity contribution in [2.45, 2.75) is 62.9 Å². The van der Waals surface area contributed by atoms with Crippen molar-refractivity contribution in [2.24, 2.45) is 0 Å². The molecule has 4 rings (SSSR count). The summed E-state index contributed by atoms with van der Waals surface area (Å²) in [6, 6.07) is 9.96. The van der Waals surface area contributed by atoms with Crippen molar-refractivity contribution in [3.8, 4) is 6.07 Å². The molecule has 3 aliphatic rings. The number of rotatable bonds is 5. The molecule has 1 saturated carbocycles. The number of carbonyl (C=O) groups is 2. The molecule has 3 fully saturated rings. The molecule has 1 aliphatic carbocycles. The summed E-state index contributed by atoms with van der Waals surface area (Å²) < 4.78 is 0. The maximum absolute atomic E-state index is 13.9. The van der Waals surface area contributed by atoms with E-state index in [-0.39, 0.29) is 11.7 Å². The molecule has 0 spiro atoms. The Bertz CT molecular complexity index is 819. The van der Waals surface area contributed by atoms with E-state index in [2.05, 4.69) is 16.3 Å². The quantitative estimate of drug-likeness (QED) is 0.810. The second kappa shape index (κ2) is 8.87. The van der Waals surface area contributed by atoms with Gasteiger partial charge in [0.05, 0.1) is 17.6 Å². The second-order valence-corrected chi connectivity index (χ2v) is 9.05. The Kier molecular flexibility index (Phi) is 6.21. The lowest BCUT2D eigenvalue weighted by Crippen LogP contribution is -2.60. The Morgan fingerprint density at radius 1 is 1.10 bits per heavy atom. The van der Waals surface area contributed by atoms with Gasteiger partial charge < -0.3 is 10.2 Å². The van der Waals surface area contributed by atoms with Crippen LogP contribution in [-0.4, -0.2) is 65.8 Å². The third-order valence-corrected chi connectivity index (χ3v) is 7.25. The summed E-state index contributed by atoms with van der Waals surface area (Å²) in [5.74, 6) is -0.473. The molecule has 0 radical (unpaired) electrons. The first kappa shape index (κ1) is 21.0. The van der Waals surface area contributed by atoms with E-state index in [0.29, 0.717) is 18.0 Å². The van der Waals surface area contributed by atoms with Gasteiger partial charge in [-0.15, -0.1) is 0 Å². The molecule has 2 heterocycles. The van der Waals surface area contributed by atoms with Gasteiger partial charge in [0.2, 0.25) is 5.91 Å². The summed E-state index contributed by atoms with van der Waals surface area (Å²) in [6.07, 6.45) is 6.42. The normalized spacial score (nSPS) is 26.5. The zero-order chi connectivity index (χ0) is 21.1. The van der Waals surface area contributed by atoms with Gasteiger partial charge in [-0.05, 0) is 63.3 Å². The molecule has 1 amide bonds. The summed E-state index contributed by atoms with van der Waals surface area (Å²) in [6.45, 7) is 5.79. The number of amides is 1. The van der Waals surface area contributed by atoms with Gasteiger partial charge in [-0.2, -0.15) is 5.26 Å². The first-order chi connectivity index (χ1) is 14.5. The summed E-state index contributed by atoms with van der Waals surface area (Å²) in [5, 5.41) is 12.6. The molecule has 1 aromatic rings. The van der Waals surface area contributed by atoms with Crippen LogP contribution in [0, 0.1) is 11.3 Å². The maximum atomic E-state index is 13.9. The fourth-order valence-corrected chi connectivity index (χ4v) is 5.48. The lowest BCUT2D eigenvalue weighted by Gasteiger charge is -2.40. The Labute approximate surface area is 179 Å². The van der Waals surface area contributed by atoms with Crippen LogP contribution in [0.1, 0.15) is 62.5 Å². The number of nitrogens with zero attached hydrogens (tertiary/aromatic N) is 3. The zero-order valence-corrected chi connectivity index (χ0v) is 17.9.